The zero-order valence-corrected chi connectivity index (χ0v) is 9.36. The standard InChI is InChI=1S/C12H14N2O2/c1-8(2)14-10-6-4-3-5-9(10)13-11(15)7-12(14)16/h3-6,8H,7H2,1-2H3,(H,13,15). The van der Waals surface area contributed by atoms with Crippen LogP contribution in [0.1, 0.15) is 20.3 Å². The summed E-state index contributed by atoms with van der Waals surface area (Å²) in [4.78, 5) is 25.0. The fourth-order valence-electron chi connectivity index (χ4n) is 1.91. The van der Waals surface area contributed by atoms with Crippen molar-refractivity contribution in [1.82, 2.24) is 0 Å². The summed E-state index contributed by atoms with van der Waals surface area (Å²) >= 11 is 0. The zero-order chi connectivity index (χ0) is 11.7. The van der Waals surface area contributed by atoms with Crippen molar-refractivity contribution in [2.45, 2.75) is 26.3 Å². The highest BCUT2D eigenvalue weighted by molar-refractivity contribution is 6.14. The Balaban J connectivity index is 2.53. The Morgan fingerprint density at radius 1 is 1.25 bits per heavy atom. The van der Waals surface area contributed by atoms with Crippen molar-refractivity contribution in [2.75, 3.05) is 10.2 Å². The van der Waals surface area contributed by atoms with E-state index < -0.39 is 0 Å². The smallest absolute Gasteiger partial charge is 0.236 e. The Morgan fingerprint density at radius 2 is 1.94 bits per heavy atom. The van der Waals surface area contributed by atoms with Crippen molar-refractivity contribution in [3.63, 3.8) is 0 Å². The van der Waals surface area contributed by atoms with Gasteiger partial charge >= 0.3 is 0 Å². The summed E-state index contributed by atoms with van der Waals surface area (Å²) in [6.07, 6.45) is -0.0904. The number of rotatable bonds is 1. The number of fused-ring (bicyclic) bond motifs is 1. The van der Waals surface area contributed by atoms with E-state index in [9.17, 15) is 9.59 Å². The number of nitrogens with one attached hydrogen (secondary N) is 1. The monoisotopic (exact) mass is 218 g/mol. The molecule has 4 nitrogen and oxygen atoms in total. The van der Waals surface area contributed by atoms with E-state index in [1.54, 1.807) is 11.0 Å². The Hall–Kier alpha value is -1.84. The molecule has 1 aliphatic heterocycles. The molecule has 1 N–H and O–H groups in total. The third-order valence-electron chi connectivity index (χ3n) is 2.53. The second kappa shape index (κ2) is 3.96. The lowest BCUT2D eigenvalue weighted by molar-refractivity contribution is -0.125. The SMILES string of the molecule is CC(C)N1C(=O)CC(=O)Nc2ccccc21. The summed E-state index contributed by atoms with van der Waals surface area (Å²) in [6, 6.07) is 7.40. The number of hydrogen-bond acceptors (Lipinski definition) is 2. The molecule has 0 bridgehead atoms. The molecule has 1 aromatic rings. The summed E-state index contributed by atoms with van der Waals surface area (Å²) in [6.45, 7) is 3.87. The third kappa shape index (κ3) is 1.78. The van der Waals surface area contributed by atoms with Crippen molar-refractivity contribution >= 4 is 23.2 Å². The van der Waals surface area contributed by atoms with Crippen LogP contribution in [0, 0.1) is 0 Å². The van der Waals surface area contributed by atoms with Crippen molar-refractivity contribution in [2.24, 2.45) is 0 Å². The summed E-state index contributed by atoms with van der Waals surface area (Å²) in [7, 11) is 0. The van der Waals surface area contributed by atoms with E-state index in [0.717, 1.165) is 5.69 Å². The molecule has 16 heavy (non-hydrogen) atoms. The van der Waals surface area contributed by atoms with E-state index in [0.29, 0.717) is 5.69 Å². The molecule has 0 spiro atoms. The fraction of sp³-hybridized carbons (Fsp3) is 0.333. The number of carbonyl (C=O) groups is 2. The number of amides is 2. The summed E-state index contributed by atoms with van der Waals surface area (Å²) in [5.74, 6) is -0.405. The largest absolute Gasteiger partial charge is 0.324 e. The van der Waals surface area contributed by atoms with Crippen LogP contribution < -0.4 is 10.2 Å². The molecule has 0 saturated carbocycles. The lowest BCUT2D eigenvalue weighted by Crippen LogP contribution is -2.36. The molecule has 0 aliphatic carbocycles. The number of hydrogen-bond donors (Lipinski definition) is 1. The van der Waals surface area contributed by atoms with Crippen LogP contribution in [-0.2, 0) is 9.59 Å². The molecule has 0 saturated heterocycles. The minimum Gasteiger partial charge on any atom is -0.324 e. The number of anilines is 2. The fourth-order valence-corrected chi connectivity index (χ4v) is 1.91. The van der Waals surface area contributed by atoms with E-state index in [1.807, 2.05) is 32.0 Å². The Morgan fingerprint density at radius 3 is 2.62 bits per heavy atom. The predicted octanol–water partition coefficient (Wildman–Crippen LogP) is 1.77. The first-order valence-corrected chi connectivity index (χ1v) is 5.30. The first-order chi connectivity index (χ1) is 7.59. The van der Waals surface area contributed by atoms with E-state index in [1.165, 1.54) is 0 Å². The third-order valence-corrected chi connectivity index (χ3v) is 2.53. The van der Waals surface area contributed by atoms with Gasteiger partial charge in [-0.2, -0.15) is 0 Å². The molecule has 1 heterocycles. The lowest BCUT2D eigenvalue weighted by Gasteiger charge is -2.26. The second-order valence-corrected chi connectivity index (χ2v) is 4.10. The highest BCUT2D eigenvalue weighted by Gasteiger charge is 2.27. The predicted molar refractivity (Wildman–Crippen MR) is 62.3 cm³/mol. The Bertz CT molecular complexity index is 440. The van der Waals surface area contributed by atoms with Crippen molar-refractivity contribution < 1.29 is 9.59 Å². The molecule has 0 fully saturated rings. The van der Waals surface area contributed by atoms with Gasteiger partial charge in [-0.15, -0.1) is 0 Å². The van der Waals surface area contributed by atoms with Crippen LogP contribution in [0.15, 0.2) is 24.3 Å². The van der Waals surface area contributed by atoms with Gasteiger partial charge in [-0.1, -0.05) is 12.1 Å². The van der Waals surface area contributed by atoms with Crippen LogP contribution in [0.3, 0.4) is 0 Å². The van der Waals surface area contributed by atoms with Crippen molar-refractivity contribution in [3.8, 4) is 0 Å². The van der Waals surface area contributed by atoms with Crippen molar-refractivity contribution in [3.05, 3.63) is 24.3 Å². The summed E-state index contributed by atoms with van der Waals surface area (Å²) in [5, 5.41) is 2.74. The molecule has 1 aliphatic rings. The number of para-hydroxylation sites is 2. The van der Waals surface area contributed by atoms with E-state index >= 15 is 0 Å². The number of nitrogens with zero attached hydrogens (tertiary/aromatic N) is 1. The summed E-state index contributed by atoms with van der Waals surface area (Å²) in [5.41, 5.74) is 1.47. The molecular formula is C12H14N2O2. The van der Waals surface area contributed by atoms with Gasteiger partial charge in [0.25, 0.3) is 0 Å². The molecule has 0 atom stereocenters. The minimum absolute atomic E-state index is 0.0429. The highest BCUT2D eigenvalue weighted by atomic mass is 16.2. The zero-order valence-electron chi connectivity index (χ0n) is 9.36. The maximum absolute atomic E-state index is 11.9. The second-order valence-electron chi connectivity index (χ2n) is 4.10. The highest BCUT2D eigenvalue weighted by Crippen LogP contribution is 2.30. The van der Waals surface area contributed by atoms with Gasteiger partial charge in [-0.25, -0.2) is 0 Å². The molecule has 0 radical (unpaired) electrons. The molecule has 4 heteroatoms. The van der Waals surface area contributed by atoms with Crippen LogP contribution in [0.4, 0.5) is 11.4 Å². The van der Waals surface area contributed by atoms with Crippen LogP contribution in [-0.4, -0.2) is 17.9 Å². The lowest BCUT2D eigenvalue weighted by atomic mass is 10.2. The topological polar surface area (TPSA) is 49.4 Å². The average molecular weight is 218 g/mol. The molecular weight excluding hydrogens is 204 g/mol. The van der Waals surface area contributed by atoms with Gasteiger partial charge < -0.3 is 10.2 Å². The molecule has 0 aromatic heterocycles. The first kappa shape index (κ1) is 10.7. The maximum atomic E-state index is 11.9. The van der Waals surface area contributed by atoms with E-state index in [-0.39, 0.29) is 24.3 Å². The van der Waals surface area contributed by atoms with Gasteiger partial charge in [-0.3, -0.25) is 9.59 Å². The number of benzene rings is 1. The molecule has 2 amide bonds. The minimum atomic E-state index is -0.249. The molecule has 84 valence electrons. The van der Waals surface area contributed by atoms with Crippen LogP contribution >= 0.6 is 0 Å². The maximum Gasteiger partial charge on any atom is 0.236 e. The Labute approximate surface area is 94.2 Å². The van der Waals surface area contributed by atoms with Crippen LogP contribution in [0.5, 0.6) is 0 Å². The van der Waals surface area contributed by atoms with Gasteiger partial charge in [0.1, 0.15) is 6.42 Å². The van der Waals surface area contributed by atoms with E-state index in [4.69, 9.17) is 0 Å². The van der Waals surface area contributed by atoms with Gasteiger partial charge in [0.05, 0.1) is 11.4 Å². The first-order valence-electron chi connectivity index (χ1n) is 5.30. The average Bonchev–Trinajstić information content (AvgIpc) is 2.31. The van der Waals surface area contributed by atoms with Crippen molar-refractivity contribution in [1.29, 1.82) is 0 Å². The quantitative estimate of drug-likeness (QED) is 0.730. The molecule has 2 rings (SSSR count). The van der Waals surface area contributed by atoms with Gasteiger partial charge in [0.2, 0.25) is 11.8 Å². The van der Waals surface area contributed by atoms with Crippen LogP contribution in [0.2, 0.25) is 0 Å². The normalized spacial score (nSPS) is 15.8. The van der Waals surface area contributed by atoms with E-state index in [2.05, 4.69) is 5.32 Å². The molecule has 0 unspecified atom stereocenters. The van der Waals surface area contributed by atoms with Gasteiger partial charge in [0, 0.05) is 6.04 Å². The van der Waals surface area contributed by atoms with Gasteiger partial charge in [-0.05, 0) is 26.0 Å². The summed E-state index contributed by atoms with van der Waals surface area (Å²) < 4.78 is 0. The Kier molecular flexibility index (Phi) is 2.64. The molecule has 1 aromatic carbocycles. The number of carbonyl (C=O) groups excluding carboxylic acids is 2. The van der Waals surface area contributed by atoms with Gasteiger partial charge in [0.15, 0.2) is 0 Å². The van der Waals surface area contributed by atoms with Crippen LogP contribution in [0.25, 0.3) is 0 Å².